The highest BCUT2D eigenvalue weighted by Gasteiger charge is 2.11. The Kier molecular flexibility index (Phi) is 3.96. The molecule has 0 bridgehead atoms. The van der Waals surface area contributed by atoms with Crippen molar-refractivity contribution in [2.24, 2.45) is 0 Å². The van der Waals surface area contributed by atoms with E-state index < -0.39 is 0 Å². The van der Waals surface area contributed by atoms with Crippen molar-refractivity contribution >= 4 is 38.4 Å². The fourth-order valence-corrected chi connectivity index (χ4v) is 3.20. The molecule has 1 aromatic heterocycles. The van der Waals surface area contributed by atoms with Crippen molar-refractivity contribution in [2.75, 3.05) is 0 Å². The van der Waals surface area contributed by atoms with Gasteiger partial charge in [-0.15, -0.1) is 0 Å². The highest BCUT2D eigenvalue weighted by Crippen LogP contribution is 2.30. The Morgan fingerprint density at radius 1 is 1.10 bits per heavy atom. The smallest absolute Gasteiger partial charge is 0.161 e. The summed E-state index contributed by atoms with van der Waals surface area (Å²) in [7, 11) is 0. The summed E-state index contributed by atoms with van der Waals surface area (Å²) in [6, 6.07) is 12.3. The molecule has 0 aliphatic rings. The van der Waals surface area contributed by atoms with E-state index in [1.165, 1.54) is 5.56 Å². The lowest BCUT2D eigenvalue weighted by molar-refractivity contribution is 1.14. The first-order valence-corrected chi connectivity index (χ1v) is 7.98. The van der Waals surface area contributed by atoms with Gasteiger partial charge in [0, 0.05) is 15.4 Å². The van der Waals surface area contributed by atoms with Crippen LogP contribution in [0.5, 0.6) is 0 Å². The SMILES string of the molecule is CCc1ccc(-c2nc(Cl)c3cc(C)cc(Br)c3n2)cc1. The van der Waals surface area contributed by atoms with Gasteiger partial charge in [-0.25, -0.2) is 9.97 Å². The average molecular weight is 362 g/mol. The summed E-state index contributed by atoms with van der Waals surface area (Å²) in [6.07, 6.45) is 1.02. The molecule has 0 radical (unpaired) electrons. The third-order valence-corrected chi connectivity index (χ3v) is 4.36. The number of hydrogen-bond acceptors (Lipinski definition) is 2. The molecule has 106 valence electrons. The van der Waals surface area contributed by atoms with Gasteiger partial charge in [0.1, 0.15) is 5.15 Å². The number of rotatable bonds is 2. The molecule has 2 nitrogen and oxygen atoms in total. The first-order valence-electron chi connectivity index (χ1n) is 6.81. The number of hydrogen-bond donors (Lipinski definition) is 0. The topological polar surface area (TPSA) is 25.8 Å². The first kappa shape index (κ1) is 14.5. The van der Waals surface area contributed by atoms with E-state index in [1.807, 2.05) is 31.2 Å². The molecule has 1 heterocycles. The third kappa shape index (κ3) is 2.81. The Bertz CT molecular complexity index is 813. The van der Waals surface area contributed by atoms with E-state index in [0.717, 1.165) is 32.9 Å². The van der Waals surface area contributed by atoms with Crippen LogP contribution in [-0.4, -0.2) is 9.97 Å². The molecule has 3 rings (SSSR count). The zero-order valence-corrected chi connectivity index (χ0v) is 14.2. The van der Waals surface area contributed by atoms with Gasteiger partial charge in [-0.1, -0.05) is 42.8 Å². The number of aryl methyl sites for hydroxylation is 2. The quantitative estimate of drug-likeness (QED) is 0.557. The van der Waals surface area contributed by atoms with E-state index in [-0.39, 0.29) is 0 Å². The van der Waals surface area contributed by atoms with Crippen LogP contribution in [0.1, 0.15) is 18.1 Å². The van der Waals surface area contributed by atoms with Gasteiger partial charge in [0.05, 0.1) is 5.52 Å². The van der Waals surface area contributed by atoms with Crippen molar-refractivity contribution in [3.63, 3.8) is 0 Å². The molecule has 0 aliphatic heterocycles. The molecular formula is C17H14BrClN2. The minimum atomic E-state index is 0.485. The van der Waals surface area contributed by atoms with E-state index in [2.05, 4.69) is 45.0 Å². The second kappa shape index (κ2) is 5.74. The lowest BCUT2D eigenvalue weighted by Crippen LogP contribution is -1.93. The van der Waals surface area contributed by atoms with Crippen molar-refractivity contribution in [1.82, 2.24) is 9.97 Å². The maximum Gasteiger partial charge on any atom is 0.161 e. The number of nitrogens with zero attached hydrogens (tertiary/aromatic N) is 2. The molecule has 0 fully saturated rings. The largest absolute Gasteiger partial charge is 0.227 e. The fraction of sp³-hybridized carbons (Fsp3) is 0.176. The van der Waals surface area contributed by atoms with E-state index in [9.17, 15) is 0 Å². The summed E-state index contributed by atoms with van der Waals surface area (Å²) in [5, 5.41) is 1.36. The summed E-state index contributed by atoms with van der Waals surface area (Å²) in [4.78, 5) is 9.10. The third-order valence-electron chi connectivity index (χ3n) is 3.47. The highest BCUT2D eigenvalue weighted by molar-refractivity contribution is 9.10. The predicted molar refractivity (Wildman–Crippen MR) is 91.8 cm³/mol. The van der Waals surface area contributed by atoms with Gasteiger partial charge >= 0.3 is 0 Å². The van der Waals surface area contributed by atoms with E-state index in [1.54, 1.807) is 0 Å². The minimum Gasteiger partial charge on any atom is -0.227 e. The van der Waals surface area contributed by atoms with Crippen LogP contribution < -0.4 is 0 Å². The Morgan fingerprint density at radius 3 is 2.48 bits per heavy atom. The van der Waals surface area contributed by atoms with Crippen molar-refractivity contribution < 1.29 is 0 Å². The molecule has 0 spiro atoms. The Hall–Kier alpha value is -1.45. The van der Waals surface area contributed by atoms with Gasteiger partial charge in [-0.2, -0.15) is 0 Å². The van der Waals surface area contributed by atoms with Crippen LogP contribution in [0.4, 0.5) is 0 Å². The summed E-state index contributed by atoms with van der Waals surface area (Å²) in [5.74, 6) is 0.653. The van der Waals surface area contributed by atoms with E-state index in [4.69, 9.17) is 11.6 Å². The van der Waals surface area contributed by atoms with Crippen LogP contribution >= 0.6 is 27.5 Å². The summed E-state index contributed by atoms with van der Waals surface area (Å²) >= 11 is 9.91. The van der Waals surface area contributed by atoms with Crippen LogP contribution in [-0.2, 0) is 6.42 Å². The molecule has 3 aromatic rings. The van der Waals surface area contributed by atoms with Gasteiger partial charge in [-0.3, -0.25) is 0 Å². The number of fused-ring (bicyclic) bond motifs is 1. The van der Waals surface area contributed by atoms with Crippen molar-refractivity contribution in [2.45, 2.75) is 20.3 Å². The Labute approximate surface area is 137 Å². The highest BCUT2D eigenvalue weighted by atomic mass is 79.9. The lowest BCUT2D eigenvalue weighted by Gasteiger charge is -2.08. The normalized spacial score (nSPS) is 11.0. The molecule has 0 amide bonds. The van der Waals surface area contributed by atoms with E-state index >= 15 is 0 Å². The zero-order valence-electron chi connectivity index (χ0n) is 11.8. The van der Waals surface area contributed by atoms with Crippen molar-refractivity contribution in [3.8, 4) is 11.4 Å². The summed E-state index contributed by atoms with van der Waals surface area (Å²) in [6.45, 7) is 4.16. The van der Waals surface area contributed by atoms with Gasteiger partial charge < -0.3 is 0 Å². The average Bonchev–Trinajstić information content (AvgIpc) is 2.48. The molecule has 0 atom stereocenters. The summed E-state index contributed by atoms with van der Waals surface area (Å²) in [5.41, 5.74) is 4.24. The number of benzene rings is 2. The van der Waals surface area contributed by atoms with E-state index in [0.29, 0.717) is 11.0 Å². The Morgan fingerprint density at radius 2 is 1.81 bits per heavy atom. The van der Waals surface area contributed by atoms with Crippen molar-refractivity contribution in [3.05, 3.63) is 57.2 Å². The molecule has 21 heavy (non-hydrogen) atoms. The molecular weight excluding hydrogens is 348 g/mol. The van der Waals surface area contributed by atoms with Gasteiger partial charge in [0.25, 0.3) is 0 Å². The van der Waals surface area contributed by atoms with Crippen LogP contribution in [0.3, 0.4) is 0 Å². The molecule has 0 saturated carbocycles. The van der Waals surface area contributed by atoms with Gasteiger partial charge in [-0.05, 0) is 52.5 Å². The lowest BCUT2D eigenvalue weighted by atomic mass is 10.1. The molecule has 0 unspecified atom stereocenters. The van der Waals surface area contributed by atoms with Gasteiger partial charge in [0.15, 0.2) is 5.82 Å². The molecule has 0 aliphatic carbocycles. The molecule has 0 N–H and O–H groups in total. The summed E-state index contributed by atoms with van der Waals surface area (Å²) < 4.78 is 0.938. The van der Waals surface area contributed by atoms with Crippen LogP contribution in [0.25, 0.3) is 22.3 Å². The number of halogens is 2. The van der Waals surface area contributed by atoms with Crippen LogP contribution in [0.15, 0.2) is 40.9 Å². The second-order valence-corrected chi connectivity index (χ2v) is 6.24. The number of aromatic nitrogens is 2. The van der Waals surface area contributed by atoms with Crippen LogP contribution in [0, 0.1) is 6.92 Å². The fourth-order valence-electron chi connectivity index (χ4n) is 2.31. The molecule has 2 aromatic carbocycles. The standard InChI is InChI=1S/C17H14BrClN2/c1-3-11-4-6-12(7-5-11)17-20-15-13(16(19)21-17)8-10(2)9-14(15)18/h4-9H,3H2,1-2H3. The van der Waals surface area contributed by atoms with Crippen molar-refractivity contribution in [1.29, 1.82) is 0 Å². The second-order valence-electron chi connectivity index (χ2n) is 5.03. The monoisotopic (exact) mass is 360 g/mol. The zero-order chi connectivity index (χ0) is 15.0. The maximum absolute atomic E-state index is 6.34. The maximum atomic E-state index is 6.34. The minimum absolute atomic E-state index is 0.485. The molecule has 4 heteroatoms. The Balaban J connectivity index is 2.19. The molecule has 0 saturated heterocycles. The van der Waals surface area contributed by atoms with Crippen LogP contribution in [0.2, 0.25) is 5.15 Å². The van der Waals surface area contributed by atoms with Gasteiger partial charge in [0.2, 0.25) is 0 Å². The predicted octanol–water partition coefficient (Wildman–Crippen LogP) is 5.58. The first-order chi connectivity index (χ1) is 10.1.